The molecule has 0 spiro atoms. The van der Waals surface area contributed by atoms with Gasteiger partial charge >= 0.3 is 6.09 Å². The zero-order valence-corrected chi connectivity index (χ0v) is 18.5. The number of benzene rings is 1. The lowest BCUT2D eigenvalue weighted by atomic mass is 10.2. The maximum Gasteiger partial charge on any atom is 0.407 e. The zero-order valence-electron chi connectivity index (χ0n) is 18.5. The molecule has 0 atom stereocenters. The van der Waals surface area contributed by atoms with E-state index in [2.05, 4.69) is 20.8 Å². The van der Waals surface area contributed by atoms with Crippen molar-refractivity contribution in [1.29, 1.82) is 0 Å². The number of rotatable bonds is 7. The first kappa shape index (κ1) is 21.6. The van der Waals surface area contributed by atoms with E-state index in [1.807, 2.05) is 51.2 Å². The lowest BCUT2D eigenvalue weighted by Gasteiger charge is -2.19. The first-order chi connectivity index (χ1) is 14.2. The van der Waals surface area contributed by atoms with E-state index in [0.29, 0.717) is 24.6 Å². The molecule has 30 heavy (non-hydrogen) atoms. The number of methoxy groups -OCH3 is 1. The Morgan fingerprint density at radius 3 is 2.57 bits per heavy atom. The van der Waals surface area contributed by atoms with Crippen LogP contribution in [0.25, 0.3) is 16.7 Å². The lowest BCUT2D eigenvalue weighted by Crippen LogP contribution is -2.33. The molecule has 1 amide bonds. The topological polar surface area (TPSA) is 103 Å². The van der Waals surface area contributed by atoms with Crippen molar-refractivity contribution < 1.29 is 14.3 Å². The molecular weight excluding hydrogens is 384 g/mol. The third-order valence-corrected chi connectivity index (χ3v) is 4.58. The second-order valence-electron chi connectivity index (χ2n) is 8.21. The Labute approximate surface area is 176 Å². The Hall–Kier alpha value is -3.10. The average molecular weight is 415 g/mol. The van der Waals surface area contributed by atoms with Crippen LogP contribution in [0.1, 0.15) is 45.0 Å². The number of anilines is 1. The van der Waals surface area contributed by atoms with Gasteiger partial charge in [-0.15, -0.1) is 10.2 Å². The summed E-state index contributed by atoms with van der Waals surface area (Å²) >= 11 is 0. The second-order valence-corrected chi connectivity index (χ2v) is 8.21. The highest BCUT2D eigenvalue weighted by atomic mass is 16.6. The summed E-state index contributed by atoms with van der Waals surface area (Å²) in [5.74, 6) is 2.19. The molecule has 2 N–H and O–H groups in total. The first-order valence-corrected chi connectivity index (χ1v) is 10.1. The third kappa shape index (κ3) is 4.72. The smallest absolute Gasteiger partial charge is 0.407 e. The molecule has 0 fully saturated rings. The minimum atomic E-state index is -0.492. The van der Waals surface area contributed by atoms with Crippen LogP contribution in [0.4, 0.5) is 10.6 Å². The van der Waals surface area contributed by atoms with Crippen LogP contribution in [0.2, 0.25) is 0 Å². The molecule has 1 aromatic carbocycles. The van der Waals surface area contributed by atoms with Crippen LogP contribution >= 0.6 is 0 Å². The lowest BCUT2D eigenvalue weighted by molar-refractivity contribution is 0.0527. The molecule has 0 radical (unpaired) electrons. The summed E-state index contributed by atoms with van der Waals surface area (Å²) in [4.78, 5) is 16.5. The summed E-state index contributed by atoms with van der Waals surface area (Å²) in [6.07, 6.45) is 1.26. The number of hydrogen-bond donors (Lipinski definition) is 2. The fourth-order valence-electron chi connectivity index (χ4n) is 3.25. The minimum Gasteiger partial charge on any atom is -0.494 e. The van der Waals surface area contributed by atoms with Crippen molar-refractivity contribution in [3.8, 4) is 5.75 Å². The number of hydrogen-bond acceptors (Lipinski definition) is 7. The van der Waals surface area contributed by atoms with Gasteiger partial charge in [0, 0.05) is 13.1 Å². The van der Waals surface area contributed by atoms with Crippen LogP contribution in [-0.4, -0.2) is 51.5 Å². The maximum absolute atomic E-state index is 11.7. The van der Waals surface area contributed by atoms with Crippen molar-refractivity contribution in [3.05, 3.63) is 23.5 Å². The standard InChI is InChI=1S/C21H30N6O3/c1-13-9-10-15-16(17(13)29-6)24-18(19-26-25-14(2)27(15)19)22-11-7-8-12-23-20(28)30-21(3,4)5/h9-10H,7-8,11-12H2,1-6H3,(H,22,24)(H,23,28). The number of aromatic nitrogens is 4. The largest absolute Gasteiger partial charge is 0.494 e. The summed E-state index contributed by atoms with van der Waals surface area (Å²) in [5.41, 5.74) is 2.87. The van der Waals surface area contributed by atoms with E-state index < -0.39 is 11.7 Å². The second kappa shape index (κ2) is 8.73. The van der Waals surface area contributed by atoms with E-state index >= 15 is 0 Å². The van der Waals surface area contributed by atoms with E-state index in [4.69, 9.17) is 14.5 Å². The molecule has 0 bridgehead atoms. The highest BCUT2D eigenvalue weighted by Crippen LogP contribution is 2.31. The number of alkyl carbamates (subject to hydrolysis) is 1. The summed E-state index contributed by atoms with van der Waals surface area (Å²) in [6.45, 7) is 10.7. The van der Waals surface area contributed by atoms with Crippen molar-refractivity contribution in [2.24, 2.45) is 0 Å². The summed E-state index contributed by atoms with van der Waals surface area (Å²) in [7, 11) is 1.65. The van der Waals surface area contributed by atoms with Gasteiger partial charge in [0.1, 0.15) is 22.7 Å². The Bertz CT molecular complexity index is 1050. The quantitative estimate of drug-likeness (QED) is 0.569. The first-order valence-electron chi connectivity index (χ1n) is 10.1. The van der Waals surface area contributed by atoms with Crippen LogP contribution in [0.15, 0.2) is 12.1 Å². The molecule has 0 aliphatic rings. The SMILES string of the molecule is COc1c(C)ccc2c1nc(NCCCCNC(=O)OC(C)(C)C)c1nnc(C)n12. The van der Waals surface area contributed by atoms with Crippen LogP contribution in [-0.2, 0) is 4.74 Å². The summed E-state index contributed by atoms with van der Waals surface area (Å²) < 4.78 is 12.8. The molecule has 0 aliphatic heterocycles. The van der Waals surface area contributed by atoms with Crippen LogP contribution in [0.5, 0.6) is 5.75 Å². The molecule has 162 valence electrons. The molecule has 3 aromatic rings. The van der Waals surface area contributed by atoms with Crippen LogP contribution in [0.3, 0.4) is 0 Å². The molecule has 3 rings (SSSR count). The van der Waals surface area contributed by atoms with Crippen molar-refractivity contribution in [2.75, 3.05) is 25.5 Å². The van der Waals surface area contributed by atoms with Crippen molar-refractivity contribution >= 4 is 28.6 Å². The minimum absolute atomic E-state index is 0.394. The predicted octanol–water partition coefficient (Wildman–Crippen LogP) is 3.62. The van der Waals surface area contributed by atoms with Gasteiger partial charge in [0.2, 0.25) is 5.65 Å². The molecule has 2 aromatic heterocycles. The number of carbonyl (C=O) groups is 1. The Kier molecular flexibility index (Phi) is 6.28. The fraction of sp³-hybridized carbons (Fsp3) is 0.524. The van der Waals surface area contributed by atoms with Gasteiger partial charge in [-0.1, -0.05) is 6.07 Å². The number of carbonyl (C=O) groups excluding carboxylic acids is 1. The molecule has 9 nitrogen and oxygen atoms in total. The molecule has 0 unspecified atom stereocenters. The van der Waals surface area contributed by atoms with Gasteiger partial charge in [0.05, 0.1) is 12.6 Å². The number of fused-ring (bicyclic) bond motifs is 3. The molecule has 9 heteroatoms. The number of nitrogens with zero attached hydrogens (tertiary/aromatic N) is 4. The number of aryl methyl sites for hydroxylation is 2. The van der Waals surface area contributed by atoms with Gasteiger partial charge in [-0.2, -0.15) is 0 Å². The normalized spacial score (nSPS) is 11.7. The number of amides is 1. The van der Waals surface area contributed by atoms with Gasteiger partial charge in [-0.05, 0) is 59.1 Å². The van der Waals surface area contributed by atoms with Gasteiger partial charge in [-0.25, -0.2) is 9.78 Å². The maximum atomic E-state index is 11.7. The van der Waals surface area contributed by atoms with E-state index in [1.54, 1.807) is 7.11 Å². The van der Waals surface area contributed by atoms with E-state index in [1.165, 1.54) is 0 Å². The van der Waals surface area contributed by atoms with Gasteiger partial charge < -0.3 is 20.1 Å². The number of unbranched alkanes of at least 4 members (excludes halogenated alkanes) is 1. The average Bonchev–Trinajstić information content (AvgIpc) is 3.05. The highest BCUT2D eigenvalue weighted by molar-refractivity contribution is 5.88. The van der Waals surface area contributed by atoms with Crippen LogP contribution in [0, 0.1) is 13.8 Å². The summed E-state index contributed by atoms with van der Waals surface area (Å²) in [6, 6.07) is 4.02. The molecule has 0 saturated carbocycles. The zero-order chi connectivity index (χ0) is 21.9. The predicted molar refractivity (Wildman–Crippen MR) is 116 cm³/mol. The number of nitrogens with one attached hydrogen (secondary N) is 2. The van der Waals surface area contributed by atoms with E-state index in [0.717, 1.165) is 41.0 Å². The Balaban J connectivity index is 1.68. The van der Waals surface area contributed by atoms with E-state index in [9.17, 15) is 4.79 Å². The highest BCUT2D eigenvalue weighted by Gasteiger charge is 2.17. The Morgan fingerprint density at radius 2 is 1.87 bits per heavy atom. The van der Waals surface area contributed by atoms with Crippen molar-refractivity contribution in [3.63, 3.8) is 0 Å². The van der Waals surface area contributed by atoms with Crippen molar-refractivity contribution in [2.45, 2.75) is 53.1 Å². The van der Waals surface area contributed by atoms with Gasteiger partial charge in [-0.3, -0.25) is 4.40 Å². The van der Waals surface area contributed by atoms with Gasteiger partial charge in [0.15, 0.2) is 5.82 Å². The third-order valence-electron chi connectivity index (χ3n) is 4.58. The molecule has 0 saturated heterocycles. The monoisotopic (exact) mass is 414 g/mol. The fourth-order valence-corrected chi connectivity index (χ4v) is 3.25. The molecule has 0 aliphatic carbocycles. The summed E-state index contributed by atoms with van der Waals surface area (Å²) in [5, 5.41) is 14.6. The van der Waals surface area contributed by atoms with Crippen molar-refractivity contribution in [1.82, 2.24) is 24.9 Å². The van der Waals surface area contributed by atoms with Crippen LogP contribution < -0.4 is 15.4 Å². The molecular formula is C21H30N6O3. The Morgan fingerprint density at radius 1 is 1.13 bits per heavy atom. The number of ether oxygens (including phenoxy) is 2. The molecule has 2 heterocycles. The van der Waals surface area contributed by atoms with Gasteiger partial charge in [0.25, 0.3) is 0 Å². The van der Waals surface area contributed by atoms with E-state index in [-0.39, 0.29) is 0 Å².